The van der Waals surface area contributed by atoms with Gasteiger partial charge in [-0.3, -0.25) is 5.10 Å². The Morgan fingerprint density at radius 2 is 2.64 bits per heavy atom. The van der Waals surface area contributed by atoms with Crippen molar-refractivity contribution in [1.29, 1.82) is 0 Å². The number of nitrogens with one attached hydrogen (secondary N) is 1. The molecule has 0 saturated heterocycles. The van der Waals surface area contributed by atoms with Crippen LogP contribution in [0.15, 0.2) is 12.4 Å². The van der Waals surface area contributed by atoms with Gasteiger partial charge in [-0.2, -0.15) is 5.10 Å². The molecule has 4 heteroatoms. The predicted molar refractivity (Wildman–Crippen MR) is 37.5 cm³/mol. The molecule has 1 N–H and O–H groups in total. The highest BCUT2D eigenvalue weighted by Crippen LogP contribution is 1.87. The zero-order chi connectivity index (χ0) is 8.10. The van der Waals surface area contributed by atoms with Crippen molar-refractivity contribution in [2.45, 2.75) is 0 Å². The molecule has 1 rings (SSSR count). The van der Waals surface area contributed by atoms with Crippen LogP contribution in [0.1, 0.15) is 5.56 Å². The number of carbonyl (C=O) groups excluding carboxylic acids is 1. The summed E-state index contributed by atoms with van der Waals surface area (Å²) in [5.41, 5.74) is 0.662. The van der Waals surface area contributed by atoms with E-state index < -0.39 is 5.97 Å². The fourth-order valence-corrected chi connectivity index (χ4v) is 0.493. The standard InChI is InChI=1S/C7H6N2O2/c1-11-7(10)3-2-6-4-8-9-5-6/h4-5H,1H3,(H,8,9). The molecular formula is C7H6N2O2. The van der Waals surface area contributed by atoms with Crippen molar-refractivity contribution in [3.05, 3.63) is 18.0 Å². The summed E-state index contributed by atoms with van der Waals surface area (Å²) >= 11 is 0. The average molecular weight is 150 g/mol. The topological polar surface area (TPSA) is 55.0 Å². The van der Waals surface area contributed by atoms with Crippen molar-refractivity contribution >= 4 is 5.97 Å². The number of rotatable bonds is 0. The van der Waals surface area contributed by atoms with E-state index in [0.29, 0.717) is 5.56 Å². The summed E-state index contributed by atoms with van der Waals surface area (Å²) in [6.45, 7) is 0. The summed E-state index contributed by atoms with van der Waals surface area (Å²) in [6, 6.07) is 0. The maximum absolute atomic E-state index is 10.5. The highest BCUT2D eigenvalue weighted by Gasteiger charge is 1.89. The van der Waals surface area contributed by atoms with Gasteiger partial charge in [0.2, 0.25) is 0 Å². The smallest absolute Gasteiger partial charge is 0.384 e. The van der Waals surface area contributed by atoms with E-state index in [9.17, 15) is 4.79 Å². The fraction of sp³-hybridized carbons (Fsp3) is 0.143. The molecular weight excluding hydrogens is 144 g/mol. The van der Waals surface area contributed by atoms with Crippen LogP contribution in [0.5, 0.6) is 0 Å². The van der Waals surface area contributed by atoms with E-state index in [4.69, 9.17) is 0 Å². The Balaban J connectivity index is 2.66. The van der Waals surface area contributed by atoms with Gasteiger partial charge >= 0.3 is 5.97 Å². The Morgan fingerprint density at radius 1 is 1.82 bits per heavy atom. The minimum atomic E-state index is -0.550. The maximum atomic E-state index is 10.5. The lowest BCUT2D eigenvalue weighted by Gasteiger charge is -1.82. The summed E-state index contributed by atoms with van der Waals surface area (Å²) in [5.74, 6) is 4.27. The molecule has 11 heavy (non-hydrogen) atoms. The molecule has 0 aliphatic carbocycles. The van der Waals surface area contributed by atoms with Crippen molar-refractivity contribution in [3.63, 3.8) is 0 Å². The van der Waals surface area contributed by atoms with Crippen molar-refractivity contribution in [2.75, 3.05) is 7.11 Å². The molecule has 1 aromatic heterocycles. The first kappa shape index (κ1) is 7.35. The van der Waals surface area contributed by atoms with Crippen LogP contribution >= 0.6 is 0 Å². The van der Waals surface area contributed by atoms with E-state index in [1.54, 1.807) is 6.20 Å². The number of ether oxygens (including phenoxy) is 1. The number of carbonyl (C=O) groups is 1. The van der Waals surface area contributed by atoms with Crippen LogP contribution in [0.25, 0.3) is 0 Å². The third-order valence-electron chi connectivity index (χ3n) is 0.993. The van der Waals surface area contributed by atoms with Crippen LogP contribution in [-0.2, 0) is 9.53 Å². The van der Waals surface area contributed by atoms with Gasteiger partial charge in [0.05, 0.1) is 18.9 Å². The van der Waals surface area contributed by atoms with Crippen LogP contribution < -0.4 is 0 Å². The highest BCUT2D eigenvalue weighted by atomic mass is 16.5. The Kier molecular flexibility index (Phi) is 2.28. The summed E-state index contributed by atoms with van der Waals surface area (Å²) in [5, 5.41) is 6.21. The lowest BCUT2D eigenvalue weighted by atomic mass is 10.4. The Morgan fingerprint density at radius 3 is 3.18 bits per heavy atom. The highest BCUT2D eigenvalue weighted by molar-refractivity contribution is 5.88. The first-order valence-corrected chi connectivity index (χ1v) is 2.91. The second-order valence-corrected chi connectivity index (χ2v) is 1.73. The molecule has 0 saturated carbocycles. The predicted octanol–water partition coefficient (Wildman–Crippen LogP) is -0.0658. The summed E-state index contributed by atoms with van der Waals surface area (Å²) in [4.78, 5) is 10.5. The summed E-state index contributed by atoms with van der Waals surface area (Å²) < 4.78 is 4.31. The van der Waals surface area contributed by atoms with Gasteiger partial charge in [-0.05, 0) is 0 Å². The van der Waals surface area contributed by atoms with E-state index in [0.717, 1.165) is 0 Å². The van der Waals surface area contributed by atoms with E-state index in [-0.39, 0.29) is 0 Å². The number of nitrogens with zero attached hydrogens (tertiary/aromatic N) is 1. The summed E-state index contributed by atoms with van der Waals surface area (Å²) in [7, 11) is 1.28. The third kappa shape index (κ3) is 2.14. The van der Waals surface area contributed by atoms with E-state index in [1.807, 2.05) is 0 Å². The van der Waals surface area contributed by atoms with Gasteiger partial charge in [-0.1, -0.05) is 5.92 Å². The number of aromatic nitrogens is 2. The molecule has 1 heterocycles. The molecule has 0 spiro atoms. The largest absolute Gasteiger partial charge is 0.459 e. The van der Waals surface area contributed by atoms with Crippen molar-refractivity contribution in [1.82, 2.24) is 10.2 Å². The van der Waals surface area contributed by atoms with Gasteiger partial charge in [-0.15, -0.1) is 0 Å². The molecule has 0 aliphatic rings. The molecule has 56 valence electrons. The van der Waals surface area contributed by atoms with Crippen LogP contribution in [-0.4, -0.2) is 23.3 Å². The first-order valence-electron chi connectivity index (χ1n) is 2.91. The van der Waals surface area contributed by atoms with Crippen molar-refractivity contribution in [2.24, 2.45) is 0 Å². The Labute approximate surface area is 63.6 Å². The Bertz CT molecular complexity index is 292. The monoisotopic (exact) mass is 150 g/mol. The molecule has 0 bridgehead atoms. The fourth-order valence-electron chi connectivity index (χ4n) is 0.493. The third-order valence-corrected chi connectivity index (χ3v) is 0.993. The number of H-pyrrole nitrogens is 1. The maximum Gasteiger partial charge on any atom is 0.384 e. The van der Waals surface area contributed by atoms with E-state index in [1.165, 1.54) is 13.3 Å². The van der Waals surface area contributed by atoms with Gasteiger partial charge in [0.15, 0.2) is 0 Å². The van der Waals surface area contributed by atoms with Crippen molar-refractivity contribution < 1.29 is 9.53 Å². The van der Waals surface area contributed by atoms with Crippen molar-refractivity contribution in [3.8, 4) is 11.8 Å². The van der Waals surface area contributed by atoms with Gasteiger partial charge < -0.3 is 4.74 Å². The molecule has 0 fully saturated rings. The SMILES string of the molecule is COC(=O)C#Cc1cn[nH]c1. The van der Waals surface area contributed by atoms with Crippen LogP contribution in [0, 0.1) is 11.8 Å². The lowest BCUT2D eigenvalue weighted by Crippen LogP contribution is -1.94. The minimum Gasteiger partial charge on any atom is -0.459 e. The molecule has 0 radical (unpaired) electrons. The zero-order valence-corrected chi connectivity index (χ0v) is 5.92. The molecule has 4 nitrogen and oxygen atoms in total. The molecule has 0 aromatic carbocycles. The second-order valence-electron chi connectivity index (χ2n) is 1.73. The normalized spacial score (nSPS) is 8.09. The van der Waals surface area contributed by atoms with E-state index >= 15 is 0 Å². The zero-order valence-electron chi connectivity index (χ0n) is 5.92. The quantitative estimate of drug-likeness (QED) is 0.416. The second kappa shape index (κ2) is 3.42. The van der Waals surface area contributed by atoms with Gasteiger partial charge in [-0.25, -0.2) is 4.79 Å². The average Bonchev–Trinajstić information content (AvgIpc) is 2.52. The van der Waals surface area contributed by atoms with Crippen LogP contribution in [0.4, 0.5) is 0 Å². The molecule has 1 aromatic rings. The number of aromatic amines is 1. The van der Waals surface area contributed by atoms with Gasteiger partial charge in [0.25, 0.3) is 0 Å². The lowest BCUT2D eigenvalue weighted by molar-refractivity contribution is -0.133. The number of hydrogen-bond donors (Lipinski definition) is 1. The number of hydrogen-bond acceptors (Lipinski definition) is 3. The Hall–Kier alpha value is -1.76. The van der Waals surface area contributed by atoms with Crippen LogP contribution in [0.2, 0.25) is 0 Å². The summed E-state index contributed by atoms with van der Waals surface area (Å²) in [6.07, 6.45) is 3.12. The molecule has 0 unspecified atom stereocenters. The number of esters is 1. The van der Waals surface area contributed by atoms with Crippen LogP contribution in [0.3, 0.4) is 0 Å². The minimum absolute atomic E-state index is 0.550. The van der Waals surface area contributed by atoms with Gasteiger partial charge in [0, 0.05) is 12.1 Å². The first-order chi connectivity index (χ1) is 5.33. The molecule has 0 atom stereocenters. The number of methoxy groups -OCH3 is 1. The van der Waals surface area contributed by atoms with E-state index in [2.05, 4.69) is 26.8 Å². The molecule has 0 amide bonds. The van der Waals surface area contributed by atoms with Gasteiger partial charge in [0.1, 0.15) is 0 Å². The molecule has 0 aliphatic heterocycles.